The van der Waals surface area contributed by atoms with Crippen LogP contribution in [0.4, 0.5) is 4.79 Å². The SMILES string of the molecule is CCNC(=O)NC(=O)C(C)N(C)C(CN)C1CC1. The third kappa shape index (κ3) is 3.96. The fraction of sp³-hybridized carbons (Fsp3) is 0.833. The molecule has 104 valence electrons. The summed E-state index contributed by atoms with van der Waals surface area (Å²) in [4.78, 5) is 25.1. The van der Waals surface area contributed by atoms with Crippen molar-refractivity contribution in [3.8, 4) is 0 Å². The van der Waals surface area contributed by atoms with Crippen molar-refractivity contribution in [3.05, 3.63) is 0 Å². The largest absolute Gasteiger partial charge is 0.338 e. The maximum atomic E-state index is 11.9. The first-order valence-corrected chi connectivity index (χ1v) is 6.51. The highest BCUT2D eigenvalue weighted by atomic mass is 16.2. The van der Waals surface area contributed by atoms with Gasteiger partial charge in [-0.1, -0.05) is 0 Å². The Kier molecular flexibility index (Phi) is 5.55. The molecule has 0 heterocycles. The van der Waals surface area contributed by atoms with Gasteiger partial charge in [0.05, 0.1) is 6.04 Å². The van der Waals surface area contributed by atoms with Crippen LogP contribution in [0.15, 0.2) is 0 Å². The molecule has 3 amide bonds. The third-order valence-electron chi connectivity index (χ3n) is 3.50. The molecule has 6 heteroatoms. The van der Waals surface area contributed by atoms with Gasteiger partial charge in [0.15, 0.2) is 0 Å². The maximum absolute atomic E-state index is 11.9. The Morgan fingerprint density at radius 2 is 2.06 bits per heavy atom. The van der Waals surface area contributed by atoms with Crippen LogP contribution in [0.1, 0.15) is 26.7 Å². The number of carbonyl (C=O) groups is 2. The Balaban J connectivity index is 2.48. The zero-order chi connectivity index (χ0) is 13.7. The first-order chi connectivity index (χ1) is 8.51. The van der Waals surface area contributed by atoms with E-state index in [1.54, 1.807) is 13.8 Å². The van der Waals surface area contributed by atoms with Crippen LogP contribution in [0.2, 0.25) is 0 Å². The van der Waals surface area contributed by atoms with Crippen molar-refractivity contribution in [1.82, 2.24) is 15.5 Å². The van der Waals surface area contributed by atoms with Gasteiger partial charge in [-0.15, -0.1) is 0 Å². The van der Waals surface area contributed by atoms with Gasteiger partial charge in [0.2, 0.25) is 5.91 Å². The summed E-state index contributed by atoms with van der Waals surface area (Å²) in [5, 5.41) is 4.86. The minimum absolute atomic E-state index is 0.222. The second-order valence-electron chi connectivity index (χ2n) is 4.83. The molecule has 0 aliphatic heterocycles. The Labute approximate surface area is 108 Å². The van der Waals surface area contributed by atoms with Crippen molar-refractivity contribution < 1.29 is 9.59 Å². The lowest BCUT2D eigenvalue weighted by molar-refractivity contribution is -0.125. The summed E-state index contributed by atoms with van der Waals surface area (Å²) in [7, 11) is 1.89. The van der Waals surface area contributed by atoms with Crippen molar-refractivity contribution in [3.63, 3.8) is 0 Å². The minimum atomic E-state index is -0.446. The van der Waals surface area contributed by atoms with Gasteiger partial charge in [-0.05, 0) is 39.7 Å². The van der Waals surface area contributed by atoms with Gasteiger partial charge in [-0.3, -0.25) is 15.0 Å². The molecule has 1 aliphatic rings. The van der Waals surface area contributed by atoms with Crippen molar-refractivity contribution in [1.29, 1.82) is 0 Å². The summed E-state index contributed by atoms with van der Waals surface area (Å²) < 4.78 is 0. The van der Waals surface area contributed by atoms with E-state index in [1.165, 1.54) is 12.8 Å². The van der Waals surface area contributed by atoms with E-state index in [1.807, 2.05) is 11.9 Å². The van der Waals surface area contributed by atoms with Gasteiger partial charge < -0.3 is 11.1 Å². The maximum Gasteiger partial charge on any atom is 0.321 e. The molecule has 18 heavy (non-hydrogen) atoms. The predicted octanol–water partition coefficient (Wildman–Crippen LogP) is -0.110. The molecular weight excluding hydrogens is 232 g/mol. The minimum Gasteiger partial charge on any atom is -0.338 e. The zero-order valence-corrected chi connectivity index (χ0v) is 11.4. The molecule has 0 bridgehead atoms. The van der Waals surface area contributed by atoms with Crippen LogP contribution in [0, 0.1) is 5.92 Å². The lowest BCUT2D eigenvalue weighted by Gasteiger charge is -2.31. The van der Waals surface area contributed by atoms with E-state index in [0.717, 1.165) is 0 Å². The fourth-order valence-corrected chi connectivity index (χ4v) is 2.07. The van der Waals surface area contributed by atoms with E-state index in [4.69, 9.17) is 5.73 Å². The molecular formula is C12H24N4O2. The summed E-state index contributed by atoms with van der Waals surface area (Å²) in [5.41, 5.74) is 5.75. The summed E-state index contributed by atoms with van der Waals surface area (Å²) in [6.07, 6.45) is 2.35. The van der Waals surface area contributed by atoms with Crippen LogP contribution in [0.3, 0.4) is 0 Å². The second-order valence-corrected chi connectivity index (χ2v) is 4.83. The summed E-state index contributed by atoms with van der Waals surface area (Å²) in [5.74, 6) is 0.308. The summed E-state index contributed by atoms with van der Waals surface area (Å²) in [6.45, 7) is 4.63. The van der Waals surface area contributed by atoms with Crippen LogP contribution in [0.25, 0.3) is 0 Å². The van der Waals surface area contributed by atoms with E-state index in [-0.39, 0.29) is 18.0 Å². The molecule has 2 atom stereocenters. The number of hydrogen-bond donors (Lipinski definition) is 3. The molecule has 0 spiro atoms. The van der Waals surface area contributed by atoms with Crippen molar-refractivity contribution in [2.24, 2.45) is 11.7 Å². The molecule has 1 rings (SSSR count). The highest BCUT2D eigenvalue weighted by molar-refractivity contribution is 5.96. The second kappa shape index (κ2) is 6.70. The Morgan fingerprint density at radius 3 is 2.50 bits per heavy atom. The van der Waals surface area contributed by atoms with Crippen LogP contribution < -0.4 is 16.4 Å². The molecule has 0 saturated heterocycles. The number of nitrogens with zero attached hydrogens (tertiary/aromatic N) is 1. The number of nitrogens with one attached hydrogen (secondary N) is 2. The Morgan fingerprint density at radius 1 is 1.44 bits per heavy atom. The van der Waals surface area contributed by atoms with Gasteiger partial charge in [0, 0.05) is 19.1 Å². The normalized spacial score (nSPS) is 18.3. The van der Waals surface area contributed by atoms with Crippen LogP contribution >= 0.6 is 0 Å². The fourth-order valence-electron chi connectivity index (χ4n) is 2.07. The van der Waals surface area contributed by atoms with E-state index < -0.39 is 6.03 Å². The average Bonchev–Trinajstić information content (AvgIpc) is 3.13. The highest BCUT2D eigenvalue weighted by Gasteiger charge is 2.36. The zero-order valence-electron chi connectivity index (χ0n) is 11.4. The van der Waals surface area contributed by atoms with E-state index in [2.05, 4.69) is 10.6 Å². The number of carbonyl (C=O) groups excluding carboxylic acids is 2. The number of rotatable bonds is 6. The van der Waals surface area contributed by atoms with Gasteiger partial charge in [-0.25, -0.2) is 4.79 Å². The molecule has 0 aromatic carbocycles. The van der Waals surface area contributed by atoms with E-state index >= 15 is 0 Å². The highest BCUT2D eigenvalue weighted by Crippen LogP contribution is 2.35. The number of likely N-dealkylation sites (N-methyl/N-ethyl adjacent to an activating group) is 1. The predicted molar refractivity (Wildman–Crippen MR) is 70.0 cm³/mol. The summed E-state index contributed by atoms with van der Waals surface area (Å²) in [6, 6.07) is -0.583. The van der Waals surface area contributed by atoms with Crippen LogP contribution in [-0.2, 0) is 4.79 Å². The molecule has 2 unspecified atom stereocenters. The summed E-state index contributed by atoms with van der Waals surface area (Å²) >= 11 is 0. The number of imide groups is 1. The molecule has 0 radical (unpaired) electrons. The molecule has 1 aliphatic carbocycles. The first-order valence-electron chi connectivity index (χ1n) is 6.51. The van der Waals surface area contributed by atoms with Crippen LogP contribution in [0.5, 0.6) is 0 Å². The lowest BCUT2D eigenvalue weighted by atomic mass is 10.1. The molecule has 0 aromatic heterocycles. The monoisotopic (exact) mass is 256 g/mol. The number of urea groups is 1. The van der Waals surface area contributed by atoms with Crippen molar-refractivity contribution in [2.45, 2.75) is 38.8 Å². The van der Waals surface area contributed by atoms with Crippen LogP contribution in [-0.4, -0.2) is 49.1 Å². The molecule has 4 N–H and O–H groups in total. The number of hydrogen-bond acceptors (Lipinski definition) is 4. The van der Waals surface area contributed by atoms with Gasteiger partial charge in [-0.2, -0.15) is 0 Å². The Hall–Kier alpha value is -1.14. The first kappa shape index (κ1) is 14.9. The average molecular weight is 256 g/mol. The lowest BCUT2D eigenvalue weighted by Crippen LogP contribution is -2.53. The Bertz CT molecular complexity index is 304. The topological polar surface area (TPSA) is 87.5 Å². The molecule has 1 saturated carbocycles. The molecule has 6 nitrogen and oxygen atoms in total. The number of amides is 3. The standard InChI is InChI=1S/C12H24N4O2/c1-4-14-12(18)15-11(17)8(2)16(3)10(7-13)9-5-6-9/h8-10H,4-7,13H2,1-3H3,(H2,14,15,17,18). The number of nitrogens with two attached hydrogens (primary N) is 1. The van der Waals surface area contributed by atoms with E-state index in [9.17, 15) is 9.59 Å². The van der Waals surface area contributed by atoms with Gasteiger partial charge >= 0.3 is 6.03 Å². The van der Waals surface area contributed by atoms with Crippen molar-refractivity contribution in [2.75, 3.05) is 20.1 Å². The third-order valence-corrected chi connectivity index (χ3v) is 3.50. The van der Waals surface area contributed by atoms with Gasteiger partial charge in [0.1, 0.15) is 0 Å². The molecule has 1 fully saturated rings. The van der Waals surface area contributed by atoms with Gasteiger partial charge in [0.25, 0.3) is 0 Å². The smallest absolute Gasteiger partial charge is 0.321 e. The molecule has 0 aromatic rings. The van der Waals surface area contributed by atoms with Crippen molar-refractivity contribution >= 4 is 11.9 Å². The quantitative estimate of drug-likeness (QED) is 0.619. The van der Waals surface area contributed by atoms with E-state index in [0.29, 0.717) is 19.0 Å².